The van der Waals surface area contributed by atoms with Crippen LogP contribution in [0.15, 0.2) is 24.3 Å². The Kier molecular flexibility index (Phi) is 5.93. The van der Waals surface area contributed by atoms with Crippen LogP contribution in [0.3, 0.4) is 0 Å². The molecule has 2 heterocycles. The second kappa shape index (κ2) is 8.18. The summed E-state index contributed by atoms with van der Waals surface area (Å²) in [6, 6.07) is 7.42. The fraction of sp³-hybridized carbons (Fsp3) is 0.389. The number of aryl methyl sites for hydroxylation is 2. The fourth-order valence-corrected chi connectivity index (χ4v) is 5.53. The molecular weight excluding hydrogens is 370 g/mol. The van der Waals surface area contributed by atoms with Crippen LogP contribution in [0.5, 0.6) is 0 Å². The molecule has 0 unspecified atom stereocenters. The van der Waals surface area contributed by atoms with Crippen molar-refractivity contribution < 1.29 is 14.3 Å². The van der Waals surface area contributed by atoms with Crippen molar-refractivity contribution in [3.63, 3.8) is 0 Å². The van der Waals surface area contributed by atoms with Crippen LogP contribution in [-0.4, -0.2) is 39.8 Å². The largest absolute Gasteiger partial charge is 0.452 e. The van der Waals surface area contributed by atoms with Crippen molar-refractivity contribution >= 4 is 41.1 Å². The predicted molar refractivity (Wildman–Crippen MR) is 106 cm³/mol. The van der Waals surface area contributed by atoms with E-state index in [0.717, 1.165) is 22.9 Å². The zero-order chi connectivity index (χ0) is 18.7. The predicted octanol–water partition coefficient (Wildman–Crippen LogP) is 3.31. The molecule has 1 N–H and O–H groups in total. The van der Waals surface area contributed by atoms with Crippen LogP contribution in [-0.2, 0) is 16.6 Å². The molecule has 1 aliphatic rings. The molecule has 0 atom stereocenters. The molecule has 26 heavy (non-hydrogen) atoms. The van der Waals surface area contributed by atoms with Crippen molar-refractivity contribution in [1.82, 2.24) is 9.78 Å². The van der Waals surface area contributed by atoms with E-state index in [1.165, 1.54) is 5.56 Å². The zero-order valence-corrected chi connectivity index (χ0v) is 16.6. The van der Waals surface area contributed by atoms with Crippen LogP contribution in [0.4, 0.5) is 5.69 Å². The van der Waals surface area contributed by atoms with Crippen molar-refractivity contribution in [2.24, 2.45) is 7.05 Å². The van der Waals surface area contributed by atoms with Crippen LogP contribution in [0.25, 0.3) is 0 Å². The number of hydrogen-bond donors (Lipinski definition) is 1. The maximum atomic E-state index is 12.1. The molecule has 1 aliphatic heterocycles. The molecule has 1 saturated heterocycles. The number of nitrogens with one attached hydrogen (secondary N) is 1. The van der Waals surface area contributed by atoms with E-state index in [4.69, 9.17) is 4.74 Å². The van der Waals surface area contributed by atoms with Crippen LogP contribution in [0, 0.1) is 13.8 Å². The zero-order valence-electron chi connectivity index (χ0n) is 14.9. The number of esters is 1. The molecule has 0 aliphatic carbocycles. The first-order valence-electron chi connectivity index (χ1n) is 8.26. The molecule has 1 amide bonds. The quantitative estimate of drug-likeness (QED) is 0.789. The lowest BCUT2D eigenvalue weighted by Gasteiger charge is -2.10. The number of anilines is 1. The van der Waals surface area contributed by atoms with Crippen LogP contribution < -0.4 is 5.32 Å². The Morgan fingerprint density at radius 1 is 1.23 bits per heavy atom. The average Bonchev–Trinajstić information content (AvgIpc) is 3.25. The van der Waals surface area contributed by atoms with Crippen molar-refractivity contribution in [3.8, 4) is 0 Å². The summed E-state index contributed by atoms with van der Waals surface area (Å²) in [5, 5.41) is 6.99. The molecule has 2 aromatic rings. The Labute approximate surface area is 161 Å². The van der Waals surface area contributed by atoms with E-state index < -0.39 is 5.97 Å². The highest BCUT2D eigenvalue weighted by molar-refractivity contribution is 8.19. The highest BCUT2D eigenvalue weighted by atomic mass is 32.2. The third kappa shape index (κ3) is 4.24. The number of aromatic nitrogens is 2. The molecule has 1 aromatic carbocycles. The van der Waals surface area contributed by atoms with Crippen molar-refractivity contribution in [2.45, 2.75) is 18.4 Å². The minimum atomic E-state index is -0.502. The average molecular weight is 392 g/mol. The molecule has 8 heteroatoms. The molecule has 3 rings (SSSR count). The molecule has 0 saturated carbocycles. The van der Waals surface area contributed by atoms with Crippen molar-refractivity contribution in [1.29, 1.82) is 0 Å². The molecule has 0 bridgehead atoms. The van der Waals surface area contributed by atoms with Gasteiger partial charge in [0.15, 0.2) is 6.61 Å². The molecule has 0 radical (unpaired) electrons. The second-order valence-electron chi connectivity index (χ2n) is 5.99. The van der Waals surface area contributed by atoms with Gasteiger partial charge in [-0.3, -0.25) is 9.48 Å². The SMILES string of the molecule is Cc1nn(C)c(C)c1NC(=O)COC(=O)c1ccc(C2SCCS2)cc1. The van der Waals surface area contributed by atoms with Gasteiger partial charge in [0.1, 0.15) is 0 Å². The van der Waals surface area contributed by atoms with E-state index in [1.807, 2.05) is 56.6 Å². The molecular formula is C18H21N3O3S2. The van der Waals surface area contributed by atoms with E-state index in [9.17, 15) is 9.59 Å². The molecule has 1 aromatic heterocycles. The Bertz CT molecular complexity index is 812. The Hall–Kier alpha value is -1.93. The summed E-state index contributed by atoms with van der Waals surface area (Å²) in [7, 11) is 1.81. The summed E-state index contributed by atoms with van der Waals surface area (Å²) >= 11 is 3.83. The van der Waals surface area contributed by atoms with Gasteiger partial charge in [-0.1, -0.05) is 12.1 Å². The number of ether oxygens (including phenoxy) is 1. The number of rotatable bonds is 5. The van der Waals surface area contributed by atoms with E-state index in [-0.39, 0.29) is 12.5 Å². The minimum Gasteiger partial charge on any atom is -0.452 e. The third-order valence-electron chi connectivity index (χ3n) is 4.15. The number of nitrogens with zero attached hydrogens (tertiary/aromatic N) is 2. The third-order valence-corrected chi connectivity index (χ3v) is 7.25. The lowest BCUT2D eigenvalue weighted by atomic mass is 10.1. The minimum absolute atomic E-state index is 0.331. The van der Waals surface area contributed by atoms with Gasteiger partial charge in [-0.25, -0.2) is 4.79 Å². The van der Waals surface area contributed by atoms with E-state index in [2.05, 4.69) is 10.4 Å². The first-order valence-corrected chi connectivity index (χ1v) is 10.4. The Morgan fingerprint density at radius 2 is 1.88 bits per heavy atom. The molecule has 0 spiro atoms. The van der Waals surface area contributed by atoms with Gasteiger partial charge in [-0.2, -0.15) is 5.10 Å². The normalized spacial score (nSPS) is 14.4. The van der Waals surface area contributed by atoms with Crippen molar-refractivity contribution in [3.05, 3.63) is 46.8 Å². The van der Waals surface area contributed by atoms with Crippen molar-refractivity contribution in [2.75, 3.05) is 23.4 Å². The lowest BCUT2D eigenvalue weighted by Crippen LogP contribution is -2.21. The highest BCUT2D eigenvalue weighted by Gasteiger charge is 2.19. The Morgan fingerprint density at radius 3 is 2.46 bits per heavy atom. The van der Waals surface area contributed by atoms with E-state index >= 15 is 0 Å². The summed E-state index contributed by atoms with van der Waals surface area (Å²) in [6.07, 6.45) is 0. The maximum absolute atomic E-state index is 12.1. The standard InChI is InChI=1S/C18H21N3O3S2/c1-11-16(12(2)21(3)20-11)19-15(22)10-24-17(23)13-4-6-14(7-5-13)18-25-8-9-26-18/h4-7,18H,8-10H2,1-3H3,(H,19,22). The van der Waals surface area contributed by atoms with E-state index in [1.54, 1.807) is 16.8 Å². The molecule has 1 fully saturated rings. The monoisotopic (exact) mass is 391 g/mol. The highest BCUT2D eigenvalue weighted by Crippen LogP contribution is 2.45. The molecule has 6 nitrogen and oxygen atoms in total. The lowest BCUT2D eigenvalue weighted by molar-refractivity contribution is -0.119. The second-order valence-corrected chi connectivity index (χ2v) is 8.71. The van der Waals surface area contributed by atoms with E-state index in [0.29, 0.717) is 15.8 Å². The van der Waals surface area contributed by atoms with Gasteiger partial charge in [0.25, 0.3) is 5.91 Å². The summed E-state index contributed by atoms with van der Waals surface area (Å²) in [5.41, 5.74) is 3.88. The molecule has 138 valence electrons. The smallest absolute Gasteiger partial charge is 0.338 e. The number of benzene rings is 1. The first kappa shape index (κ1) is 18.8. The number of amides is 1. The number of thioether (sulfide) groups is 2. The number of carbonyl (C=O) groups is 2. The van der Waals surface area contributed by atoms with Crippen LogP contribution in [0.1, 0.15) is 31.9 Å². The summed E-state index contributed by atoms with van der Waals surface area (Å²) in [5.74, 6) is 1.43. The van der Waals surface area contributed by atoms with Gasteiger partial charge < -0.3 is 10.1 Å². The summed E-state index contributed by atoms with van der Waals surface area (Å²) < 4.78 is 7.26. The van der Waals surface area contributed by atoms with Gasteiger partial charge >= 0.3 is 5.97 Å². The maximum Gasteiger partial charge on any atom is 0.338 e. The fourth-order valence-electron chi connectivity index (χ4n) is 2.67. The topological polar surface area (TPSA) is 73.2 Å². The van der Waals surface area contributed by atoms with Gasteiger partial charge in [-0.05, 0) is 31.5 Å². The van der Waals surface area contributed by atoms with Gasteiger partial charge in [0.2, 0.25) is 0 Å². The summed E-state index contributed by atoms with van der Waals surface area (Å²) in [6.45, 7) is 3.35. The van der Waals surface area contributed by atoms with Crippen LogP contribution in [0.2, 0.25) is 0 Å². The van der Waals surface area contributed by atoms with Gasteiger partial charge in [0.05, 0.1) is 27.2 Å². The first-order chi connectivity index (χ1) is 12.5. The van der Waals surface area contributed by atoms with Gasteiger partial charge in [-0.15, -0.1) is 23.5 Å². The van der Waals surface area contributed by atoms with Crippen LogP contribution >= 0.6 is 23.5 Å². The summed E-state index contributed by atoms with van der Waals surface area (Å²) in [4.78, 5) is 24.2. The van der Waals surface area contributed by atoms with Gasteiger partial charge in [0, 0.05) is 18.6 Å². The number of carbonyl (C=O) groups excluding carboxylic acids is 2. The Balaban J connectivity index is 1.54. The number of hydrogen-bond acceptors (Lipinski definition) is 6.